The maximum Gasteiger partial charge on any atom is 0.165 e. The molecular weight excluding hydrogens is 418 g/mol. The number of hydrogen-bond acceptors (Lipinski definition) is 5. The van der Waals surface area contributed by atoms with Crippen molar-refractivity contribution in [1.29, 1.82) is 0 Å². The first kappa shape index (κ1) is 20.9. The van der Waals surface area contributed by atoms with Gasteiger partial charge in [-0.1, -0.05) is 24.3 Å². The molecule has 0 unspecified atom stereocenters. The van der Waals surface area contributed by atoms with Crippen LogP contribution in [0.2, 0.25) is 0 Å². The molecule has 0 fully saturated rings. The van der Waals surface area contributed by atoms with E-state index in [0.29, 0.717) is 6.61 Å². The molecular formula is C26H27N3O2S. The number of aromatic nitrogens is 2. The normalized spacial score (nSPS) is 14.1. The molecule has 1 aliphatic rings. The van der Waals surface area contributed by atoms with Crippen molar-refractivity contribution >= 4 is 22.8 Å². The highest BCUT2D eigenvalue weighted by atomic mass is 32.2. The summed E-state index contributed by atoms with van der Waals surface area (Å²) in [5.41, 5.74) is 5.65. The fourth-order valence-electron chi connectivity index (χ4n) is 4.31. The summed E-state index contributed by atoms with van der Waals surface area (Å²) >= 11 is 1.75. The zero-order valence-electron chi connectivity index (χ0n) is 18.7. The Morgan fingerprint density at radius 3 is 2.62 bits per heavy atom. The molecule has 0 saturated carbocycles. The molecule has 5 rings (SSSR count). The van der Waals surface area contributed by atoms with Crippen LogP contribution in [-0.4, -0.2) is 41.0 Å². The third kappa shape index (κ3) is 3.96. The van der Waals surface area contributed by atoms with Gasteiger partial charge in [-0.25, -0.2) is 4.98 Å². The zero-order valence-corrected chi connectivity index (χ0v) is 19.5. The van der Waals surface area contributed by atoms with Crippen molar-refractivity contribution in [3.8, 4) is 22.6 Å². The van der Waals surface area contributed by atoms with Crippen molar-refractivity contribution in [3.63, 3.8) is 0 Å². The number of ether oxygens (including phenoxy) is 2. The predicted octanol–water partition coefficient (Wildman–Crippen LogP) is 5.37. The lowest BCUT2D eigenvalue weighted by molar-refractivity contribution is 0.212. The Kier molecular flexibility index (Phi) is 5.81. The van der Waals surface area contributed by atoms with Crippen LogP contribution in [0.5, 0.6) is 11.5 Å². The van der Waals surface area contributed by atoms with Crippen LogP contribution in [0.1, 0.15) is 11.4 Å². The van der Waals surface area contributed by atoms with Crippen molar-refractivity contribution in [1.82, 2.24) is 14.5 Å². The molecule has 0 atom stereocenters. The van der Waals surface area contributed by atoms with Gasteiger partial charge in [0.2, 0.25) is 0 Å². The lowest BCUT2D eigenvalue weighted by Crippen LogP contribution is -2.26. The number of rotatable bonds is 5. The SMILES string of the molecule is COc1cc(-c2ccc(SC)cc2)cc2c1OCCN(Cc1nc3ccccc3n1C)C2. The van der Waals surface area contributed by atoms with Gasteiger partial charge in [0.15, 0.2) is 11.5 Å². The van der Waals surface area contributed by atoms with Crippen molar-refractivity contribution in [2.45, 2.75) is 18.0 Å². The number of aryl methyl sites for hydroxylation is 1. The second kappa shape index (κ2) is 8.88. The van der Waals surface area contributed by atoms with Gasteiger partial charge in [-0.3, -0.25) is 4.90 Å². The average Bonchev–Trinajstić information content (AvgIpc) is 3.00. The van der Waals surface area contributed by atoms with Gasteiger partial charge in [-0.15, -0.1) is 11.8 Å². The molecule has 6 heteroatoms. The van der Waals surface area contributed by atoms with Gasteiger partial charge in [0.1, 0.15) is 12.4 Å². The van der Waals surface area contributed by atoms with Crippen LogP contribution < -0.4 is 9.47 Å². The third-order valence-electron chi connectivity index (χ3n) is 6.07. The molecule has 32 heavy (non-hydrogen) atoms. The number of benzene rings is 3. The predicted molar refractivity (Wildman–Crippen MR) is 131 cm³/mol. The number of fused-ring (bicyclic) bond motifs is 2. The number of para-hydroxylation sites is 2. The van der Waals surface area contributed by atoms with E-state index in [9.17, 15) is 0 Å². The molecule has 3 aromatic carbocycles. The summed E-state index contributed by atoms with van der Waals surface area (Å²) in [6, 6.07) is 21.2. The molecule has 5 nitrogen and oxygen atoms in total. The summed E-state index contributed by atoms with van der Waals surface area (Å²) in [4.78, 5) is 8.51. The Bertz CT molecular complexity index is 1250. The Morgan fingerprint density at radius 2 is 1.88 bits per heavy atom. The van der Waals surface area contributed by atoms with E-state index in [-0.39, 0.29) is 0 Å². The van der Waals surface area contributed by atoms with Gasteiger partial charge in [0.25, 0.3) is 0 Å². The monoisotopic (exact) mass is 445 g/mol. The second-order valence-corrected chi connectivity index (χ2v) is 8.91. The van der Waals surface area contributed by atoms with Crippen molar-refractivity contribution in [2.75, 3.05) is 26.5 Å². The summed E-state index contributed by atoms with van der Waals surface area (Å²) in [7, 11) is 3.80. The molecule has 0 saturated heterocycles. The quantitative estimate of drug-likeness (QED) is 0.387. The first-order valence-corrected chi connectivity index (χ1v) is 12.0. The van der Waals surface area contributed by atoms with Crippen LogP contribution >= 0.6 is 11.8 Å². The van der Waals surface area contributed by atoms with Gasteiger partial charge < -0.3 is 14.0 Å². The maximum atomic E-state index is 6.16. The van der Waals surface area contributed by atoms with E-state index >= 15 is 0 Å². The molecule has 0 radical (unpaired) electrons. The summed E-state index contributed by atoms with van der Waals surface area (Å²) in [5.74, 6) is 2.70. The van der Waals surface area contributed by atoms with E-state index in [1.807, 2.05) is 6.07 Å². The molecule has 0 aliphatic carbocycles. The number of imidazole rings is 1. The van der Waals surface area contributed by atoms with Gasteiger partial charge in [0, 0.05) is 30.6 Å². The van der Waals surface area contributed by atoms with Gasteiger partial charge in [0.05, 0.1) is 24.7 Å². The Morgan fingerprint density at radius 1 is 1.06 bits per heavy atom. The van der Waals surface area contributed by atoms with Crippen LogP contribution in [0.4, 0.5) is 0 Å². The van der Waals surface area contributed by atoms with E-state index < -0.39 is 0 Å². The molecule has 164 valence electrons. The smallest absolute Gasteiger partial charge is 0.165 e. The Balaban J connectivity index is 1.47. The number of methoxy groups -OCH3 is 1. The van der Waals surface area contributed by atoms with E-state index in [1.165, 1.54) is 10.5 Å². The van der Waals surface area contributed by atoms with E-state index in [1.54, 1.807) is 18.9 Å². The van der Waals surface area contributed by atoms with Crippen LogP contribution in [0.15, 0.2) is 65.6 Å². The lowest BCUT2D eigenvalue weighted by Gasteiger charge is -2.19. The average molecular weight is 446 g/mol. The lowest BCUT2D eigenvalue weighted by atomic mass is 10.0. The summed E-state index contributed by atoms with van der Waals surface area (Å²) in [6.07, 6.45) is 2.09. The van der Waals surface area contributed by atoms with Crippen molar-refractivity contribution in [3.05, 3.63) is 72.1 Å². The fourth-order valence-corrected chi connectivity index (χ4v) is 4.72. The van der Waals surface area contributed by atoms with Crippen LogP contribution in [0, 0.1) is 0 Å². The standard InChI is InChI=1S/C26H27N3O2S/c1-28-23-7-5-4-6-22(23)27-25(28)17-29-12-13-31-26-20(16-29)14-19(15-24(26)30-2)18-8-10-21(32-3)11-9-18/h4-11,14-15H,12-13,16-17H2,1-3H3. The highest BCUT2D eigenvalue weighted by Gasteiger charge is 2.22. The molecule has 2 heterocycles. The van der Waals surface area contributed by atoms with Crippen molar-refractivity contribution in [2.24, 2.45) is 7.05 Å². The molecule has 0 amide bonds. The van der Waals surface area contributed by atoms with Crippen LogP contribution in [0.25, 0.3) is 22.2 Å². The van der Waals surface area contributed by atoms with Gasteiger partial charge in [-0.05, 0) is 53.8 Å². The first-order chi connectivity index (χ1) is 15.7. The highest BCUT2D eigenvalue weighted by molar-refractivity contribution is 7.98. The van der Waals surface area contributed by atoms with E-state index in [4.69, 9.17) is 14.5 Å². The summed E-state index contributed by atoms with van der Waals surface area (Å²) in [5, 5.41) is 0. The van der Waals surface area contributed by atoms with Crippen LogP contribution in [-0.2, 0) is 20.1 Å². The number of hydrogen-bond donors (Lipinski definition) is 0. The number of thioether (sulfide) groups is 1. The fraction of sp³-hybridized carbons (Fsp3) is 0.269. The summed E-state index contributed by atoms with van der Waals surface area (Å²) in [6.45, 7) is 3.00. The molecule has 0 bridgehead atoms. The van der Waals surface area contributed by atoms with E-state index in [0.717, 1.165) is 59.1 Å². The van der Waals surface area contributed by atoms with Gasteiger partial charge in [-0.2, -0.15) is 0 Å². The third-order valence-corrected chi connectivity index (χ3v) is 6.81. The molecule has 1 aromatic heterocycles. The second-order valence-electron chi connectivity index (χ2n) is 8.03. The Labute approximate surface area is 193 Å². The minimum atomic E-state index is 0.620. The van der Waals surface area contributed by atoms with E-state index in [2.05, 4.69) is 77.4 Å². The largest absolute Gasteiger partial charge is 0.493 e. The molecule has 0 spiro atoms. The molecule has 0 N–H and O–H groups in total. The Hall–Kier alpha value is -2.96. The minimum absolute atomic E-state index is 0.620. The highest BCUT2D eigenvalue weighted by Crippen LogP contribution is 2.39. The van der Waals surface area contributed by atoms with Crippen LogP contribution in [0.3, 0.4) is 0 Å². The number of nitrogens with zero attached hydrogens (tertiary/aromatic N) is 3. The van der Waals surface area contributed by atoms with Gasteiger partial charge >= 0.3 is 0 Å². The molecule has 4 aromatic rings. The topological polar surface area (TPSA) is 39.5 Å². The van der Waals surface area contributed by atoms with Crippen molar-refractivity contribution < 1.29 is 9.47 Å². The maximum absolute atomic E-state index is 6.16. The minimum Gasteiger partial charge on any atom is -0.493 e. The zero-order chi connectivity index (χ0) is 22.1. The molecule has 1 aliphatic heterocycles. The summed E-state index contributed by atoms with van der Waals surface area (Å²) < 4.78 is 14.1. The first-order valence-electron chi connectivity index (χ1n) is 10.8.